The van der Waals surface area contributed by atoms with Crippen molar-refractivity contribution in [3.63, 3.8) is 0 Å². The molecule has 768 valence electrons. The van der Waals surface area contributed by atoms with Gasteiger partial charge in [-0.2, -0.15) is 0 Å². The summed E-state index contributed by atoms with van der Waals surface area (Å²) < 4.78 is 0. The molecule has 50 nitrogen and oxygen atoms in total. The highest BCUT2D eigenvalue weighted by Crippen LogP contribution is 2.28. The number of carboxylic acids is 3. The number of phenols is 1. The third-order valence-corrected chi connectivity index (χ3v) is 24.3. The van der Waals surface area contributed by atoms with E-state index in [1.807, 2.05) is 0 Å². The lowest BCUT2D eigenvalue weighted by Gasteiger charge is -2.33. The molecule has 33 N–H and O–H groups in total. The number of aromatic hydroxyl groups is 1. The predicted molar refractivity (Wildman–Crippen MR) is 494 cm³/mol. The molecule has 0 aliphatic carbocycles. The Hall–Kier alpha value is -12.7. The van der Waals surface area contributed by atoms with Gasteiger partial charge in [-0.05, 0) is 171 Å². The lowest BCUT2D eigenvalue weighted by molar-refractivity contribution is -0.148. The van der Waals surface area contributed by atoms with Crippen LogP contribution >= 0.6 is 0 Å². The summed E-state index contributed by atoms with van der Waals surface area (Å²) in [6.45, 7) is 9.22. The lowest BCUT2D eigenvalue weighted by Crippen LogP contribution is -2.62. The second-order valence-corrected chi connectivity index (χ2v) is 34.8. The van der Waals surface area contributed by atoms with E-state index in [2.05, 4.69) is 79.8 Å². The van der Waals surface area contributed by atoms with Crippen molar-refractivity contribution in [3.8, 4) is 5.75 Å². The Morgan fingerprint density at radius 3 is 1.31 bits per heavy atom. The molecule has 0 radical (unpaired) electrons. The van der Waals surface area contributed by atoms with Gasteiger partial charge in [0.2, 0.25) is 94.5 Å². The maximum Gasteiger partial charge on any atom is 0.326 e. The third-order valence-electron chi connectivity index (χ3n) is 24.3. The summed E-state index contributed by atoms with van der Waals surface area (Å²) in [5, 5.41) is 113. The number of hydrogen-bond donors (Lipinski definition) is 28. The average molecular weight is 1940 g/mol. The van der Waals surface area contributed by atoms with Crippen LogP contribution in [0.15, 0.2) is 24.3 Å². The number of rotatable bonds is 62. The van der Waals surface area contributed by atoms with Crippen LogP contribution in [0.1, 0.15) is 202 Å². The number of aliphatic carboxylic acids is 3. The van der Waals surface area contributed by atoms with Gasteiger partial charge < -0.3 is 154 Å². The van der Waals surface area contributed by atoms with Crippen molar-refractivity contribution < 1.29 is 122 Å². The summed E-state index contributed by atoms with van der Waals surface area (Å²) in [7, 11) is 0. The number of amides is 16. The Morgan fingerprint density at radius 2 is 0.810 bits per heavy atom. The molecular formula is C87H145N25O25. The van der Waals surface area contributed by atoms with E-state index in [0.717, 1.165) is 9.80 Å². The van der Waals surface area contributed by atoms with Gasteiger partial charge >= 0.3 is 17.9 Å². The first-order valence-electron chi connectivity index (χ1n) is 46.7. The molecule has 0 saturated carbocycles. The highest BCUT2D eigenvalue weighted by molar-refractivity contribution is 6.01. The van der Waals surface area contributed by atoms with Crippen LogP contribution in [-0.2, 0) is 97.5 Å². The van der Waals surface area contributed by atoms with E-state index >= 15 is 0 Å². The van der Waals surface area contributed by atoms with Gasteiger partial charge in [0.05, 0.1) is 31.8 Å². The molecule has 3 saturated heterocycles. The second kappa shape index (κ2) is 60.0. The topological polar surface area (TPSA) is 814 Å². The molecule has 0 bridgehead atoms. The fourth-order valence-electron chi connectivity index (χ4n) is 15.7. The number of carboxylic acid groups (broad SMARTS) is 3. The van der Waals surface area contributed by atoms with Gasteiger partial charge in [0, 0.05) is 52.0 Å². The number of aliphatic hydroxyl groups excluding tert-OH is 2. The summed E-state index contributed by atoms with van der Waals surface area (Å²) in [4.78, 5) is 267. The molecule has 0 spiro atoms. The predicted octanol–water partition coefficient (Wildman–Crippen LogP) is -7.09. The Morgan fingerprint density at radius 1 is 0.416 bits per heavy atom. The van der Waals surface area contributed by atoms with Crippen LogP contribution in [0.3, 0.4) is 0 Å². The summed E-state index contributed by atoms with van der Waals surface area (Å²) in [6.07, 6.45) is -1.16. The third kappa shape index (κ3) is 39.1. The van der Waals surface area contributed by atoms with Crippen molar-refractivity contribution >= 4 is 124 Å². The average Bonchev–Trinajstić information content (AvgIpc) is 1.66. The monoisotopic (exact) mass is 1940 g/mol. The van der Waals surface area contributed by atoms with Gasteiger partial charge in [-0.25, -0.2) is 4.79 Å². The summed E-state index contributed by atoms with van der Waals surface area (Å²) in [6, 6.07) is -16.2. The molecule has 0 aromatic heterocycles. The van der Waals surface area contributed by atoms with Crippen LogP contribution in [0.4, 0.5) is 0 Å². The summed E-state index contributed by atoms with van der Waals surface area (Å²) in [5.74, 6) is -21.4. The van der Waals surface area contributed by atoms with Gasteiger partial charge in [0.1, 0.15) is 90.3 Å². The smallest absolute Gasteiger partial charge is 0.326 e. The molecule has 1 aromatic carbocycles. The zero-order chi connectivity index (χ0) is 102. The first kappa shape index (κ1) is 117. The van der Waals surface area contributed by atoms with Crippen molar-refractivity contribution in [2.45, 2.75) is 299 Å². The largest absolute Gasteiger partial charge is 0.508 e. The summed E-state index contributed by atoms with van der Waals surface area (Å²) in [5.41, 5.74) is 28.9. The van der Waals surface area contributed by atoms with Crippen molar-refractivity contribution in [3.05, 3.63) is 29.8 Å². The SMILES string of the molecule is CC[C@H](C)[C@H](NC(=O)CNC(=O)[C@@H](NC(=O)[C@@H](NC(=O)[C@@H](N)CCCNC(=N)N)[C@@H](C)CC)[C@@H](C)O)C(=O)N[C@H](C(=O)N[C@@H](CCCCN)C(=O)N[C@@H](Cc1ccc(O)cc1)C(=O)N[C@@H](CCC(=O)O)C(=O)N[C@@H](CCCCN)C(=O)N1CCC[C@H]1C(=O)NCC(=O)N[C@@H](CO)C(=O)N1CCC[C@H]1C(=O)N1CCC[C@H]1C(=O)N[C@@H](CCCNC(=N)N)C(=O)N[C@@H](CCC(=O)O)C(=O)O)[C@@H](C)CC. The van der Waals surface area contributed by atoms with E-state index in [1.54, 1.807) is 41.5 Å². The maximum absolute atomic E-state index is 15.0. The number of likely N-dealkylation sites (tertiary alicyclic amines) is 3. The van der Waals surface area contributed by atoms with Crippen LogP contribution in [0.25, 0.3) is 0 Å². The summed E-state index contributed by atoms with van der Waals surface area (Å²) >= 11 is 0. The van der Waals surface area contributed by atoms with Crippen molar-refractivity contribution in [1.29, 1.82) is 10.8 Å². The number of nitrogens with one attached hydrogen (secondary N) is 17. The van der Waals surface area contributed by atoms with Crippen LogP contribution in [0, 0.1) is 28.6 Å². The number of hydrogen-bond acceptors (Lipinski definition) is 27. The number of carbonyl (C=O) groups excluding carboxylic acids is 16. The van der Waals surface area contributed by atoms with Crippen molar-refractivity contribution in [2.75, 3.05) is 65.5 Å². The molecule has 16 amide bonds. The van der Waals surface area contributed by atoms with E-state index in [-0.39, 0.29) is 154 Å². The molecule has 137 heavy (non-hydrogen) atoms. The Kier molecular flexibility index (Phi) is 51.1. The number of nitrogens with two attached hydrogens (primary N) is 5. The molecule has 19 atom stereocenters. The number of unbranched alkanes of at least 4 members (excludes halogenated alkanes) is 2. The minimum atomic E-state index is -1.78. The van der Waals surface area contributed by atoms with E-state index in [1.165, 1.54) is 36.1 Å². The van der Waals surface area contributed by atoms with Gasteiger partial charge in [0.15, 0.2) is 11.9 Å². The molecule has 1 aromatic rings. The molecule has 3 heterocycles. The number of benzene rings is 1. The number of carbonyl (C=O) groups is 19. The first-order valence-corrected chi connectivity index (χ1v) is 46.7. The molecule has 3 aliphatic rings. The van der Waals surface area contributed by atoms with Crippen LogP contribution in [0.5, 0.6) is 5.75 Å². The second-order valence-electron chi connectivity index (χ2n) is 34.8. The normalized spacial score (nSPS) is 18.0. The molecule has 4 rings (SSSR count). The number of aliphatic hydroxyl groups is 2. The molecule has 3 aliphatic heterocycles. The number of nitrogens with zero attached hydrogens (tertiary/aromatic N) is 3. The fourth-order valence-corrected chi connectivity index (χ4v) is 15.7. The Balaban J connectivity index is 1.52. The van der Waals surface area contributed by atoms with Gasteiger partial charge in [0.25, 0.3) is 0 Å². The Bertz CT molecular complexity index is 4280. The van der Waals surface area contributed by atoms with Crippen molar-refractivity contribution in [1.82, 2.24) is 94.5 Å². The highest BCUT2D eigenvalue weighted by Gasteiger charge is 2.47. The molecule has 0 unspecified atom stereocenters. The zero-order valence-corrected chi connectivity index (χ0v) is 79.0. The van der Waals surface area contributed by atoms with Gasteiger partial charge in [-0.3, -0.25) is 97.1 Å². The van der Waals surface area contributed by atoms with Crippen LogP contribution in [0.2, 0.25) is 0 Å². The van der Waals surface area contributed by atoms with Crippen LogP contribution < -0.4 is 108 Å². The minimum absolute atomic E-state index is 0.0247. The zero-order valence-electron chi connectivity index (χ0n) is 79.0. The highest BCUT2D eigenvalue weighted by atomic mass is 16.4. The van der Waals surface area contributed by atoms with Crippen molar-refractivity contribution in [2.24, 2.45) is 46.4 Å². The number of guanidine groups is 2. The molecule has 3 fully saturated rings. The van der Waals surface area contributed by atoms with Crippen LogP contribution in [-0.4, -0.2) is 332 Å². The maximum atomic E-state index is 15.0. The fraction of sp³-hybridized carbons (Fsp3) is 0.690. The Labute approximate surface area is 794 Å². The molecule has 50 heteroatoms. The first-order chi connectivity index (χ1) is 64.9. The van der Waals surface area contributed by atoms with E-state index in [0.29, 0.717) is 37.7 Å². The minimum Gasteiger partial charge on any atom is -0.508 e. The van der Waals surface area contributed by atoms with E-state index < -0.39 is 278 Å². The van der Waals surface area contributed by atoms with E-state index in [4.69, 9.17) is 44.6 Å². The van der Waals surface area contributed by atoms with Gasteiger partial charge in [-0.15, -0.1) is 0 Å². The number of phenolic OH excluding ortho intramolecular Hbond substituents is 1. The standard InChI is InChI=1S/C87H145N25O25/c1-8-46(4)67(106-64(117)44-98-78(129)70(49(7)114)109-81(132)69(48(6)10-3)107-71(122)52(90)20-15-37-95-86(91)92)80(131)108-68(47(5)9-2)79(130)102-53(21-11-13-35-88)73(124)105-58(42-50-27-29-51(115)30-28-50)75(126)100-55(31-33-65(118)119)74(125)103-56(22-12-14-36-89)82(133)110-39-17-24-60(110)76(127)97-43-63(116)99-59(45-113)83(134)112-41-19-26-62(112)84(135)111-40-18-25-61(111)77(128)101-54(23-16-38-96-87(93)94)72(123)104-57(85(136)137)32-34-66(120)121/h27-30,46-49,52-62,67-70,113-115H,8-26,31-45,88-90H2,1-7H3,(H,97,127)(H,98,129)(H,99,116)(H,100,126)(H,101,128)(H,102,130)(H,103,125)(H,104,123)(H,105,124)(H,106,117)(H,107,122)(H,108,131)(H,109,132)(H,118,119)(H,120,121)(H,136,137)(H4,91,92,95)(H4,93,94,96)/t46-,47-,48-,49+,52-,53-,54-,55-,56-,57-,58-,59-,60-,61-,62-,67-,68-,69-,70-/m0/s1. The molecular weight excluding hydrogens is 1800 g/mol. The van der Waals surface area contributed by atoms with E-state index in [9.17, 15) is 117 Å². The lowest BCUT2D eigenvalue weighted by atomic mass is 9.94. The van der Waals surface area contributed by atoms with Gasteiger partial charge in [-0.1, -0.05) is 72.9 Å². The quantitative estimate of drug-likeness (QED) is 0.0164.